The van der Waals surface area contributed by atoms with Gasteiger partial charge >= 0.3 is 6.09 Å². The molecule has 2 N–H and O–H groups in total. The number of hydrogen-bond donors (Lipinski definition) is 1. The molecule has 0 aliphatic carbocycles. The van der Waals surface area contributed by atoms with Gasteiger partial charge in [-0.05, 0) is 39.7 Å². The zero-order valence-corrected chi connectivity index (χ0v) is 13.8. The predicted octanol–water partition coefficient (Wildman–Crippen LogP) is 1.44. The van der Waals surface area contributed by atoms with Crippen LogP contribution in [0.5, 0.6) is 0 Å². The van der Waals surface area contributed by atoms with Crippen LogP contribution in [0.3, 0.4) is 0 Å². The molecule has 0 unspecified atom stereocenters. The number of carbonyl (C=O) groups excluding carboxylic acids is 2. The topological polar surface area (TPSA) is 75.9 Å². The van der Waals surface area contributed by atoms with Gasteiger partial charge in [0, 0.05) is 19.5 Å². The summed E-state index contributed by atoms with van der Waals surface area (Å²) < 4.78 is 32.0. The first-order valence-electron chi connectivity index (χ1n) is 7.89. The Balaban J connectivity index is 2.10. The van der Waals surface area contributed by atoms with Crippen LogP contribution in [-0.4, -0.2) is 65.5 Å². The third kappa shape index (κ3) is 4.31. The first kappa shape index (κ1) is 17.9. The van der Waals surface area contributed by atoms with Gasteiger partial charge in [-0.2, -0.15) is 0 Å². The number of hydrogen-bond acceptors (Lipinski definition) is 4. The third-order valence-corrected chi connectivity index (χ3v) is 4.12. The Bertz CT molecular complexity index is 479. The summed E-state index contributed by atoms with van der Waals surface area (Å²) in [4.78, 5) is 27.4. The number of nitrogens with zero attached hydrogens (tertiary/aromatic N) is 2. The highest BCUT2D eigenvalue weighted by Crippen LogP contribution is 2.31. The highest BCUT2D eigenvalue weighted by Gasteiger charge is 2.47. The smallest absolute Gasteiger partial charge is 0.410 e. The maximum atomic E-state index is 13.3. The number of halogens is 2. The maximum Gasteiger partial charge on any atom is 0.410 e. The minimum Gasteiger partial charge on any atom is -0.444 e. The van der Waals surface area contributed by atoms with E-state index in [-0.39, 0.29) is 18.9 Å². The van der Waals surface area contributed by atoms with Gasteiger partial charge in [-0.3, -0.25) is 9.69 Å². The van der Waals surface area contributed by atoms with Crippen molar-refractivity contribution in [3.63, 3.8) is 0 Å². The van der Waals surface area contributed by atoms with Gasteiger partial charge in [-0.15, -0.1) is 0 Å². The van der Waals surface area contributed by atoms with E-state index in [1.54, 1.807) is 20.8 Å². The molecular weight excluding hydrogens is 308 g/mol. The molecule has 2 aliphatic heterocycles. The number of amides is 2. The molecule has 2 fully saturated rings. The van der Waals surface area contributed by atoms with Crippen molar-refractivity contribution in [2.24, 2.45) is 11.7 Å². The van der Waals surface area contributed by atoms with Crippen LogP contribution in [0.1, 0.15) is 33.6 Å². The van der Waals surface area contributed by atoms with E-state index in [1.807, 2.05) is 0 Å². The van der Waals surface area contributed by atoms with Crippen molar-refractivity contribution < 1.29 is 23.1 Å². The molecule has 2 heterocycles. The van der Waals surface area contributed by atoms with Crippen molar-refractivity contribution in [3.05, 3.63) is 0 Å². The average molecular weight is 333 g/mol. The van der Waals surface area contributed by atoms with Crippen LogP contribution in [0.25, 0.3) is 0 Å². The first-order chi connectivity index (χ1) is 10.5. The Morgan fingerprint density at radius 1 is 1.35 bits per heavy atom. The molecule has 0 radical (unpaired) electrons. The molecular formula is C15H25F2N3O3. The van der Waals surface area contributed by atoms with Crippen LogP contribution >= 0.6 is 0 Å². The minimum absolute atomic E-state index is 0.0117. The Morgan fingerprint density at radius 3 is 2.48 bits per heavy atom. The lowest BCUT2D eigenvalue weighted by Crippen LogP contribution is -2.48. The van der Waals surface area contributed by atoms with Gasteiger partial charge in [0.2, 0.25) is 5.91 Å². The summed E-state index contributed by atoms with van der Waals surface area (Å²) in [6.45, 7) is 5.28. The fraction of sp³-hybridized carbons (Fsp3) is 0.867. The number of alkyl halides is 2. The van der Waals surface area contributed by atoms with E-state index in [0.717, 1.165) is 4.90 Å². The number of rotatable bonds is 2. The zero-order chi connectivity index (χ0) is 17.4. The lowest BCUT2D eigenvalue weighted by atomic mass is 10.1. The molecule has 132 valence electrons. The first-order valence-corrected chi connectivity index (χ1v) is 7.89. The summed E-state index contributed by atoms with van der Waals surface area (Å²) in [5.41, 5.74) is 4.97. The molecule has 0 spiro atoms. The Morgan fingerprint density at radius 2 is 2.00 bits per heavy atom. The number of likely N-dealkylation sites (tertiary alicyclic amines) is 2. The van der Waals surface area contributed by atoms with Crippen LogP contribution in [0, 0.1) is 5.92 Å². The summed E-state index contributed by atoms with van der Waals surface area (Å²) in [6, 6.07) is -0.771. The lowest BCUT2D eigenvalue weighted by molar-refractivity contribution is -0.136. The molecule has 6 nitrogen and oxygen atoms in total. The van der Waals surface area contributed by atoms with E-state index >= 15 is 0 Å². The highest BCUT2D eigenvalue weighted by molar-refractivity contribution is 5.86. The standard InChI is InChI=1S/C15H25F2N3O3/c1-14(2,3)23-13(22)20-8-10(7-18)6-11(20)12(21)19-5-4-15(16,17)9-19/h10-11H,4-9,18H2,1-3H3/t10-,11+/m1/s1. The molecule has 23 heavy (non-hydrogen) atoms. The van der Waals surface area contributed by atoms with Crippen LogP contribution in [0.2, 0.25) is 0 Å². The fourth-order valence-corrected chi connectivity index (χ4v) is 2.98. The van der Waals surface area contributed by atoms with E-state index in [2.05, 4.69) is 0 Å². The molecule has 0 saturated carbocycles. The molecule has 2 aliphatic rings. The summed E-state index contributed by atoms with van der Waals surface area (Å²) in [6.07, 6.45) is -0.549. The maximum absolute atomic E-state index is 13.3. The number of carbonyl (C=O) groups is 2. The summed E-state index contributed by atoms with van der Waals surface area (Å²) in [7, 11) is 0. The van der Waals surface area contributed by atoms with E-state index in [0.29, 0.717) is 19.5 Å². The van der Waals surface area contributed by atoms with Crippen LogP contribution in [-0.2, 0) is 9.53 Å². The molecule has 2 amide bonds. The molecule has 0 aromatic carbocycles. The van der Waals surface area contributed by atoms with Gasteiger partial charge in [0.25, 0.3) is 5.92 Å². The fourth-order valence-electron chi connectivity index (χ4n) is 2.98. The zero-order valence-electron chi connectivity index (χ0n) is 13.8. The van der Waals surface area contributed by atoms with Gasteiger partial charge in [-0.25, -0.2) is 13.6 Å². The van der Waals surface area contributed by atoms with Gasteiger partial charge in [0.05, 0.1) is 6.54 Å². The number of ether oxygens (including phenoxy) is 1. The summed E-state index contributed by atoms with van der Waals surface area (Å²) >= 11 is 0. The van der Waals surface area contributed by atoms with Crippen molar-refractivity contribution in [1.29, 1.82) is 0 Å². The van der Waals surface area contributed by atoms with Gasteiger partial charge in [0.15, 0.2) is 0 Å². The Kier molecular flexibility index (Phi) is 4.84. The van der Waals surface area contributed by atoms with Crippen LogP contribution in [0.4, 0.5) is 13.6 Å². The largest absolute Gasteiger partial charge is 0.444 e. The normalized spacial score (nSPS) is 27.4. The molecule has 0 aromatic heterocycles. The monoisotopic (exact) mass is 333 g/mol. The molecule has 2 saturated heterocycles. The van der Waals surface area contributed by atoms with E-state index in [4.69, 9.17) is 10.5 Å². The lowest BCUT2D eigenvalue weighted by Gasteiger charge is -2.30. The highest BCUT2D eigenvalue weighted by atomic mass is 19.3. The quantitative estimate of drug-likeness (QED) is 0.830. The van der Waals surface area contributed by atoms with Crippen LogP contribution < -0.4 is 5.73 Å². The van der Waals surface area contributed by atoms with Crippen LogP contribution in [0.15, 0.2) is 0 Å². The van der Waals surface area contributed by atoms with Gasteiger partial charge in [-0.1, -0.05) is 0 Å². The molecule has 0 aromatic rings. The third-order valence-electron chi connectivity index (χ3n) is 4.12. The van der Waals surface area contributed by atoms with Gasteiger partial charge < -0.3 is 15.4 Å². The van der Waals surface area contributed by atoms with E-state index < -0.39 is 36.1 Å². The molecule has 2 rings (SSSR count). The molecule has 8 heteroatoms. The average Bonchev–Trinajstić information content (AvgIpc) is 2.99. The summed E-state index contributed by atoms with van der Waals surface area (Å²) in [5, 5.41) is 0. The number of nitrogens with two attached hydrogens (primary N) is 1. The van der Waals surface area contributed by atoms with Crippen molar-refractivity contribution in [1.82, 2.24) is 9.80 Å². The Labute approximate surface area is 134 Å². The van der Waals surface area contributed by atoms with Gasteiger partial charge in [0.1, 0.15) is 11.6 Å². The van der Waals surface area contributed by atoms with E-state index in [9.17, 15) is 18.4 Å². The van der Waals surface area contributed by atoms with Crippen molar-refractivity contribution >= 4 is 12.0 Å². The Hall–Kier alpha value is -1.44. The van der Waals surface area contributed by atoms with Crippen molar-refractivity contribution in [2.45, 2.75) is 51.2 Å². The molecule has 2 atom stereocenters. The van der Waals surface area contributed by atoms with Crippen molar-refractivity contribution in [2.75, 3.05) is 26.2 Å². The SMILES string of the molecule is CC(C)(C)OC(=O)N1C[C@@H](CN)C[C@H]1C(=O)N1CCC(F)(F)C1. The second-order valence-corrected chi connectivity index (χ2v) is 7.35. The minimum atomic E-state index is -2.85. The molecule has 0 bridgehead atoms. The predicted molar refractivity (Wildman–Crippen MR) is 80.0 cm³/mol. The second kappa shape index (κ2) is 6.22. The van der Waals surface area contributed by atoms with Crippen molar-refractivity contribution in [3.8, 4) is 0 Å². The second-order valence-electron chi connectivity index (χ2n) is 7.35. The van der Waals surface area contributed by atoms with E-state index in [1.165, 1.54) is 4.90 Å². The summed E-state index contributed by atoms with van der Waals surface area (Å²) in [5.74, 6) is -3.32.